The Kier molecular flexibility index (Phi) is 4.08. The average molecular weight is 309 g/mol. The first kappa shape index (κ1) is 13.6. The molecule has 3 rings (SSSR count). The smallest absolute Gasteiger partial charge is 0.185 e. The Bertz CT molecular complexity index is 586. The molecular weight excluding hydrogens is 292 g/mol. The molecule has 1 fully saturated rings. The van der Waals surface area contributed by atoms with Gasteiger partial charge >= 0.3 is 0 Å². The van der Waals surface area contributed by atoms with Crippen molar-refractivity contribution in [2.75, 3.05) is 36.0 Å². The van der Waals surface area contributed by atoms with Crippen molar-refractivity contribution in [1.29, 1.82) is 0 Å². The molecule has 0 radical (unpaired) electrons. The van der Waals surface area contributed by atoms with Gasteiger partial charge in [0, 0.05) is 44.0 Å². The van der Waals surface area contributed by atoms with Crippen LogP contribution in [0.25, 0.3) is 0 Å². The van der Waals surface area contributed by atoms with E-state index in [1.54, 1.807) is 23.7 Å². The number of halogens is 1. The Morgan fingerprint density at radius 2 is 2.00 bits per heavy atom. The summed E-state index contributed by atoms with van der Waals surface area (Å²) in [6.07, 6.45) is 4.62. The lowest BCUT2D eigenvalue weighted by atomic mass is 10.3. The molecule has 0 aromatic carbocycles. The predicted octanol–water partition coefficient (Wildman–Crippen LogP) is 3.22. The maximum Gasteiger partial charge on any atom is 0.185 e. The van der Waals surface area contributed by atoms with Crippen molar-refractivity contribution < 1.29 is 0 Å². The van der Waals surface area contributed by atoms with E-state index in [1.165, 1.54) is 0 Å². The van der Waals surface area contributed by atoms with Crippen molar-refractivity contribution in [2.45, 2.75) is 13.3 Å². The predicted molar refractivity (Wildman–Crippen MR) is 85.1 cm³/mol. The highest BCUT2D eigenvalue weighted by molar-refractivity contribution is 7.13. The zero-order chi connectivity index (χ0) is 13.9. The van der Waals surface area contributed by atoms with E-state index in [4.69, 9.17) is 11.6 Å². The molecule has 0 atom stereocenters. The second-order valence-electron chi connectivity index (χ2n) is 4.93. The lowest BCUT2D eigenvalue weighted by molar-refractivity contribution is 0.803. The first-order chi connectivity index (χ1) is 9.74. The molecule has 1 saturated heterocycles. The van der Waals surface area contributed by atoms with E-state index >= 15 is 0 Å². The lowest BCUT2D eigenvalue weighted by Crippen LogP contribution is -2.30. The molecule has 1 aliphatic rings. The van der Waals surface area contributed by atoms with Crippen molar-refractivity contribution in [3.63, 3.8) is 0 Å². The van der Waals surface area contributed by atoms with E-state index in [2.05, 4.69) is 25.1 Å². The van der Waals surface area contributed by atoms with E-state index in [1.807, 2.05) is 13.0 Å². The van der Waals surface area contributed by atoms with Crippen molar-refractivity contribution in [3.8, 4) is 0 Å². The summed E-state index contributed by atoms with van der Waals surface area (Å²) in [5.41, 5.74) is 2.18. The first-order valence-corrected chi connectivity index (χ1v) is 8.01. The minimum absolute atomic E-state index is 0.728. The molecular formula is C14H17ClN4S. The van der Waals surface area contributed by atoms with Gasteiger partial charge in [-0.1, -0.05) is 11.6 Å². The fourth-order valence-corrected chi connectivity index (χ4v) is 3.56. The Balaban J connectivity index is 1.72. The van der Waals surface area contributed by atoms with E-state index in [-0.39, 0.29) is 0 Å². The SMILES string of the molecule is Cc1csc(N2CCCN(c3ccncc3Cl)CC2)n1. The Hall–Kier alpha value is -1.33. The van der Waals surface area contributed by atoms with Crippen molar-refractivity contribution in [1.82, 2.24) is 9.97 Å². The largest absolute Gasteiger partial charge is 0.368 e. The van der Waals surface area contributed by atoms with Crippen LogP contribution in [0, 0.1) is 6.92 Å². The molecule has 3 heterocycles. The summed E-state index contributed by atoms with van der Waals surface area (Å²) < 4.78 is 0. The molecule has 0 N–H and O–H groups in total. The van der Waals surface area contributed by atoms with Gasteiger partial charge in [0.2, 0.25) is 0 Å². The fourth-order valence-electron chi connectivity index (χ4n) is 2.46. The minimum Gasteiger partial charge on any atom is -0.368 e. The normalized spacial score (nSPS) is 16.3. The Morgan fingerprint density at radius 3 is 2.75 bits per heavy atom. The zero-order valence-corrected chi connectivity index (χ0v) is 13.0. The van der Waals surface area contributed by atoms with E-state index < -0.39 is 0 Å². The molecule has 4 nitrogen and oxygen atoms in total. The van der Waals surface area contributed by atoms with E-state index in [0.717, 1.165) is 54.1 Å². The van der Waals surface area contributed by atoms with Gasteiger partial charge < -0.3 is 9.80 Å². The first-order valence-electron chi connectivity index (χ1n) is 6.75. The molecule has 1 aliphatic heterocycles. The molecule has 106 valence electrons. The molecule has 6 heteroatoms. The van der Waals surface area contributed by atoms with Gasteiger partial charge in [-0.15, -0.1) is 11.3 Å². The Labute approximate surface area is 128 Å². The zero-order valence-electron chi connectivity index (χ0n) is 11.4. The summed E-state index contributed by atoms with van der Waals surface area (Å²) in [5.74, 6) is 0. The van der Waals surface area contributed by atoms with Crippen LogP contribution in [-0.2, 0) is 0 Å². The van der Waals surface area contributed by atoms with Crippen molar-refractivity contribution in [3.05, 3.63) is 34.6 Å². The number of hydrogen-bond acceptors (Lipinski definition) is 5. The molecule has 0 bridgehead atoms. The third kappa shape index (κ3) is 2.88. The summed E-state index contributed by atoms with van der Waals surface area (Å²) in [7, 11) is 0. The Morgan fingerprint density at radius 1 is 1.20 bits per heavy atom. The maximum atomic E-state index is 6.24. The highest BCUT2D eigenvalue weighted by atomic mass is 35.5. The highest BCUT2D eigenvalue weighted by Gasteiger charge is 2.18. The minimum atomic E-state index is 0.728. The number of hydrogen-bond donors (Lipinski definition) is 0. The van der Waals surface area contributed by atoms with Crippen molar-refractivity contribution >= 4 is 33.8 Å². The van der Waals surface area contributed by atoms with Crippen LogP contribution in [-0.4, -0.2) is 36.1 Å². The molecule has 0 amide bonds. The van der Waals surface area contributed by atoms with Crippen LogP contribution in [0.5, 0.6) is 0 Å². The summed E-state index contributed by atoms with van der Waals surface area (Å²) in [5, 5.41) is 3.97. The third-order valence-electron chi connectivity index (χ3n) is 3.47. The molecule has 0 saturated carbocycles. The van der Waals surface area contributed by atoms with Crippen LogP contribution in [0.1, 0.15) is 12.1 Å². The topological polar surface area (TPSA) is 32.3 Å². The van der Waals surface area contributed by atoms with Crippen LogP contribution in [0.3, 0.4) is 0 Å². The third-order valence-corrected chi connectivity index (χ3v) is 4.78. The number of pyridine rings is 1. The van der Waals surface area contributed by atoms with Crippen LogP contribution >= 0.6 is 22.9 Å². The summed E-state index contributed by atoms with van der Waals surface area (Å²) in [6.45, 7) is 6.05. The fraction of sp³-hybridized carbons (Fsp3) is 0.429. The number of aromatic nitrogens is 2. The van der Waals surface area contributed by atoms with Gasteiger partial charge in [-0.3, -0.25) is 4.98 Å². The van der Waals surface area contributed by atoms with Gasteiger partial charge in [0.15, 0.2) is 5.13 Å². The quantitative estimate of drug-likeness (QED) is 0.853. The van der Waals surface area contributed by atoms with Gasteiger partial charge in [-0.05, 0) is 19.4 Å². The average Bonchev–Trinajstić information content (AvgIpc) is 2.74. The van der Waals surface area contributed by atoms with Crippen molar-refractivity contribution in [2.24, 2.45) is 0 Å². The maximum absolute atomic E-state index is 6.24. The van der Waals surface area contributed by atoms with Gasteiger partial charge in [0.1, 0.15) is 0 Å². The highest BCUT2D eigenvalue weighted by Crippen LogP contribution is 2.27. The number of thiazole rings is 1. The van der Waals surface area contributed by atoms with Crippen LogP contribution < -0.4 is 9.80 Å². The van der Waals surface area contributed by atoms with E-state index in [0.29, 0.717) is 0 Å². The molecule has 2 aromatic rings. The summed E-state index contributed by atoms with van der Waals surface area (Å²) in [6, 6.07) is 1.99. The number of aryl methyl sites for hydroxylation is 1. The van der Waals surface area contributed by atoms with E-state index in [9.17, 15) is 0 Å². The van der Waals surface area contributed by atoms with Gasteiger partial charge in [0.25, 0.3) is 0 Å². The number of anilines is 2. The van der Waals surface area contributed by atoms with Crippen LogP contribution in [0.2, 0.25) is 5.02 Å². The van der Waals surface area contributed by atoms with Gasteiger partial charge in [-0.25, -0.2) is 4.98 Å². The monoisotopic (exact) mass is 308 g/mol. The number of rotatable bonds is 2. The molecule has 20 heavy (non-hydrogen) atoms. The standard InChI is InChI=1S/C14H17ClN4S/c1-11-10-20-14(17-11)19-6-2-5-18(7-8-19)13-3-4-16-9-12(13)15/h3-4,9-10H,2,5-8H2,1H3. The van der Waals surface area contributed by atoms with Gasteiger partial charge in [-0.2, -0.15) is 0 Å². The lowest BCUT2D eigenvalue weighted by Gasteiger charge is -2.24. The van der Waals surface area contributed by atoms with Crippen LogP contribution in [0.4, 0.5) is 10.8 Å². The molecule has 0 unspecified atom stereocenters. The molecule has 0 aliphatic carbocycles. The summed E-state index contributed by atoms with van der Waals surface area (Å²) >= 11 is 7.97. The molecule has 2 aromatic heterocycles. The second-order valence-corrected chi connectivity index (χ2v) is 6.17. The van der Waals surface area contributed by atoms with Crippen LogP contribution in [0.15, 0.2) is 23.8 Å². The number of nitrogens with zero attached hydrogens (tertiary/aromatic N) is 4. The summed E-state index contributed by atoms with van der Waals surface area (Å²) in [4.78, 5) is 13.3. The second kappa shape index (κ2) is 5.97. The molecule has 0 spiro atoms. The van der Waals surface area contributed by atoms with Gasteiger partial charge in [0.05, 0.1) is 16.4 Å².